The van der Waals surface area contributed by atoms with E-state index in [2.05, 4.69) is 17.1 Å². The van der Waals surface area contributed by atoms with Crippen molar-refractivity contribution in [3.63, 3.8) is 0 Å². The van der Waals surface area contributed by atoms with Crippen molar-refractivity contribution in [3.05, 3.63) is 18.4 Å². The number of nitrogens with two attached hydrogens (primary N) is 1. The maximum atomic E-state index is 8.32. The van der Waals surface area contributed by atoms with Crippen LogP contribution in [0.3, 0.4) is 0 Å². The molecule has 1 atom stereocenters. The highest BCUT2D eigenvalue weighted by atomic mass is 16.5. The van der Waals surface area contributed by atoms with Gasteiger partial charge in [-0.25, -0.2) is 0 Å². The Hall–Kier alpha value is -1.89. The van der Waals surface area contributed by atoms with Crippen LogP contribution >= 0.6 is 0 Å². The van der Waals surface area contributed by atoms with Crippen molar-refractivity contribution >= 4 is 11.5 Å². The number of nitrogens with zero attached hydrogens (tertiary/aromatic N) is 4. The summed E-state index contributed by atoms with van der Waals surface area (Å²) >= 11 is 0. The lowest BCUT2D eigenvalue weighted by Crippen LogP contribution is -2.55. The third-order valence-corrected chi connectivity index (χ3v) is 3.53. The number of hydrogen-bond donors (Lipinski definition) is 2. The Balaban J connectivity index is 2.08. The Morgan fingerprint density at radius 3 is 2.94 bits per heavy atom. The predicted molar refractivity (Wildman–Crippen MR) is 65.7 cm³/mol. The summed E-state index contributed by atoms with van der Waals surface area (Å²) in [7, 11) is 0. The normalized spacial score (nSPS) is 26.3. The Morgan fingerprint density at radius 1 is 1.61 bits per heavy atom. The molecule has 0 spiro atoms. The van der Waals surface area contributed by atoms with Gasteiger partial charge in [-0.05, 0) is 6.42 Å². The van der Waals surface area contributed by atoms with Crippen LogP contribution in [-0.2, 0) is 4.74 Å². The van der Waals surface area contributed by atoms with E-state index < -0.39 is 0 Å². The lowest BCUT2D eigenvalue weighted by Gasteiger charge is -2.45. The molecule has 96 valence electrons. The second kappa shape index (κ2) is 4.09. The molecule has 0 aliphatic carbocycles. The molecule has 3 heterocycles. The van der Waals surface area contributed by atoms with Crippen LogP contribution in [0.15, 0.2) is 12.5 Å². The molecular formula is C11H16N6O. The number of amidine groups is 1. The van der Waals surface area contributed by atoms with Crippen molar-refractivity contribution < 1.29 is 4.74 Å². The van der Waals surface area contributed by atoms with Gasteiger partial charge in [-0.2, -0.15) is 0 Å². The van der Waals surface area contributed by atoms with Crippen LogP contribution < -0.4 is 5.73 Å². The molecule has 18 heavy (non-hydrogen) atoms. The SMILES string of the molecule is CC[C@@H]1c2nncn2/C(=C/N)C(=N)N1C1COC1. The van der Waals surface area contributed by atoms with Gasteiger partial charge in [0.1, 0.15) is 17.9 Å². The standard InChI is InChI=1S/C11H16N6O/c1-2-8-11-15-14-6-16(11)9(3-12)10(13)17(8)7-4-18-5-7/h3,6-8,13H,2,4-5,12H2,1H3/b9-3+,13-10?/t8-/m1/s1. The quantitative estimate of drug-likeness (QED) is 0.778. The number of aromatic nitrogens is 3. The van der Waals surface area contributed by atoms with E-state index in [1.165, 1.54) is 6.20 Å². The Kier molecular flexibility index (Phi) is 2.55. The van der Waals surface area contributed by atoms with Gasteiger partial charge in [0.15, 0.2) is 5.82 Å². The van der Waals surface area contributed by atoms with Crippen LogP contribution in [0.1, 0.15) is 25.2 Å². The minimum atomic E-state index is 0.0672. The third-order valence-electron chi connectivity index (χ3n) is 3.53. The van der Waals surface area contributed by atoms with Gasteiger partial charge in [-0.3, -0.25) is 9.98 Å². The van der Waals surface area contributed by atoms with E-state index in [4.69, 9.17) is 15.9 Å². The summed E-state index contributed by atoms with van der Waals surface area (Å²) in [6.45, 7) is 3.40. The molecule has 7 nitrogen and oxygen atoms in total. The fourth-order valence-corrected chi connectivity index (χ4v) is 2.54. The van der Waals surface area contributed by atoms with E-state index in [1.807, 2.05) is 4.90 Å². The van der Waals surface area contributed by atoms with E-state index in [-0.39, 0.29) is 12.1 Å². The van der Waals surface area contributed by atoms with Crippen LogP contribution in [0, 0.1) is 5.41 Å². The van der Waals surface area contributed by atoms with Crippen molar-refractivity contribution in [1.82, 2.24) is 19.7 Å². The maximum absolute atomic E-state index is 8.32. The second-order valence-electron chi connectivity index (χ2n) is 4.48. The molecule has 1 fully saturated rings. The zero-order valence-electron chi connectivity index (χ0n) is 10.2. The zero-order chi connectivity index (χ0) is 12.7. The molecule has 1 aromatic heterocycles. The molecule has 1 saturated heterocycles. The topological polar surface area (TPSA) is 93.1 Å². The van der Waals surface area contributed by atoms with Crippen LogP contribution in [0.2, 0.25) is 0 Å². The molecule has 0 amide bonds. The fourth-order valence-electron chi connectivity index (χ4n) is 2.54. The summed E-state index contributed by atoms with van der Waals surface area (Å²) in [5.41, 5.74) is 6.27. The summed E-state index contributed by atoms with van der Waals surface area (Å²) in [6.07, 6.45) is 3.92. The third kappa shape index (κ3) is 1.37. The monoisotopic (exact) mass is 248 g/mol. The predicted octanol–water partition coefficient (Wildman–Crippen LogP) is 0.178. The first-order valence-corrected chi connectivity index (χ1v) is 6.05. The van der Waals surface area contributed by atoms with Crippen molar-refractivity contribution in [2.45, 2.75) is 25.4 Å². The highest BCUT2D eigenvalue weighted by Crippen LogP contribution is 2.34. The average molecular weight is 248 g/mol. The Bertz CT molecular complexity index is 503. The van der Waals surface area contributed by atoms with Gasteiger partial charge < -0.3 is 15.4 Å². The van der Waals surface area contributed by atoms with Gasteiger partial charge in [0.05, 0.1) is 25.3 Å². The zero-order valence-corrected chi connectivity index (χ0v) is 10.2. The molecule has 3 N–H and O–H groups in total. The number of fused-ring (bicyclic) bond motifs is 1. The van der Waals surface area contributed by atoms with E-state index in [9.17, 15) is 0 Å². The molecule has 0 unspecified atom stereocenters. The average Bonchev–Trinajstić information content (AvgIpc) is 2.76. The summed E-state index contributed by atoms with van der Waals surface area (Å²) in [5.74, 6) is 1.27. The number of ether oxygens (including phenoxy) is 1. The summed E-state index contributed by atoms with van der Waals surface area (Å²) in [5, 5.41) is 16.4. The van der Waals surface area contributed by atoms with E-state index in [0.29, 0.717) is 24.7 Å². The van der Waals surface area contributed by atoms with Crippen LogP contribution in [0.4, 0.5) is 0 Å². The molecule has 1 aromatic rings. The number of nitrogens with one attached hydrogen (secondary N) is 1. The molecule has 2 aliphatic rings. The largest absolute Gasteiger partial charge is 0.403 e. The maximum Gasteiger partial charge on any atom is 0.160 e. The van der Waals surface area contributed by atoms with Gasteiger partial charge in [0.25, 0.3) is 0 Å². The summed E-state index contributed by atoms with van der Waals surface area (Å²) < 4.78 is 7.03. The van der Waals surface area contributed by atoms with Crippen LogP contribution in [-0.4, -0.2) is 44.8 Å². The van der Waals surface area contributed by atoms with E-state index >= 15 is 0 Å². The van der Waals surface area contributed by atoms with Crippen molar-refractivity contribution in [3.8, 4) is 0 Å². The molecule has 0 bridgehead atoms. The molecule has 3 rings (SSSR count). The lowest BCUT2D eigenvalue weighted by molar-refractivity contribution is -0.0551. The Morgan fingerprint density at radius 2 is 2.39 bits per heavy atom. The molecule has 0 aromatic carbocycles. The summed E-state index contributed by atoms with van der Waals surface area (Å²) in [4.78, 5) is 2.05. The molecule has 2 aliphatic heterocycles. The Labute approximate surface area is 105 Å². The molecular weight excluding hydrogens is 232 g/mol. The highest BCUT2D eigenvalue weighted by molar-refractivity contribution is 6.16. The van der Waals surface area contributed by atoms with Crippen LogP contribution in [0.25, 0.3) is 5.70 Å². The van der Waals surface area contributed by atoms with Gasteiger partial charge in [0, 0.05) is 6.20 Å². The van der Waals surface area contributed by atoms with Crippen molar-refractivity contribution in [2.75, 3.05) is 13.2 Å². The fraction of sp³-hybridized carbons (Fsp3) is 0.545. The van der Waals surface area contributed by atoms with E-state index in [1.54, 1.807) is 10.9 Å². The van der Waals surface area contributed by atoms with Crippen molar-refractivity contribution in [2.24, 2.45) is 5.73 Å². The van der Waals surface area contributed by atoms with Gasteiger partial charge >= 0.3 is 0 Å². The van der Waals surface area contributed by atoms with E-state index in [0.717, 1.165) is 12.2 Å². The molecule has 0 radical (unpaired) electrons. The first-order chi connectivity index (χ1) is 8.77. The minimum absolute atomic E-state index is 0.0672. The number of rotatable bonds is 2. The summed E-state index contributed by atoms with van der Waals surface area (Å²) in [6, 6.07) is 0.306. The molecule has 7 heteroatoms. The smallest absolute Gasteiger partial charge is 0.160 e. The number of hydrogen-bond acceptors (Lipinski definition) is 5. The second-order valence-corrected chi connectivity index (χ2v) is 4.48. The van der Waals surface area contributed by atoms with Crippen LogP contribution in [0.5, 0.6) is 0 Å². The molecule has 0 saturated carbocycles. The van der Waals surface area contributed by atoms with Gasteiger partial charge in [-0.1, -0.05) is 6.92 Å². The first kappa shape index (κ1) is 11.2. The van der Waals surface area contributed by atoms with Gasteiger partial charge in [0.2, 0.25) is 0 Å². The minimum Gasteiger partial charge on any atom is -0.403 e. The first-order valence-electron chi connectivity index (χ1n) is 6.05. The van der Waals surface area contributed by atoms with Crippen molar-refractivity contribution in [1.29, 1.82) is 5.41 Å². The van der Waals surface area contributed by atoms with Gasteiger partial charge in [-0.15, -0.1) is 10.2 Å². The highest BCUT2D eigenvalue weighted by Gasteiger charge is 2.40. The lowest BCUT2D eigenvalue weighted by atomic mass is 10.0.